The number of rotatable bonds is 6. The summed E-state index contributed by atoms with van der Waals surface area (Å²) in [6.45, 7) is 0. The van der Waals surface area contributed by atoms with Gasteiger partial charge in [-0.05, 0) is 45.5 Å². The molecule has 0 aromatic heterocycles. The Kier molecular flexibility index (Phi) is 15.0. The molecule has 0 bridgehead atoms. The summed E-state index contributed by atoms with van der Waals surface area (Å²) in [5, 5.41) is 0. The quantitative estimate of drug-likeness (QED) is 0.194. The molecule has 0 amide bonds. The van der Waals surface area contributed by atoms with E-state index < -0.39 is 20.2 Å². The van der Waals surface area contributed by atoms with Crippen LogP contribution in [-0.2, 0) is 20.2 Å². The van der Waals surface area contributed by atoms with Crippen LogP contribution in [-0.4, -0.2) is 25.9 Å². The van der Waals surface area contributed by atoms with Gasteiger partial charge in [0.1, 0.15) is 20.2 Å². The molecule has 0 fully saturated rings. The molecule has 6 nitrogen and oxygen atoms in total. The van der Waals surface area contributed by atoms with E-state index in [4.69, 9.17) is 0 Å². The Bertz CT molecular complexity index is 1940. The zero-order valence-corrected chi connectivity index (χ0v) is 33.2. The van der Waals surface area contributed by atoms with Crippen LogP contribution in [0.5, 0.6) is 0 Å². The van der Waals surface area contributed by atoms with Crippen molar-refractivity contribution in [3.8, 4) is 44.5 Å². The summed E-state index contributed by atoms with van der Waals surface area (Å²) in [5.41, 5.74) is 5.49. The van der Waals surface area contributed by atoms with Gasteiger partial charge >= 0.3 is 103 Å². The van der Waals surface area contributed by atoms with Crippen molar-refractivity contribution in [2.24, 2.45) is 0 Å². The Morgan fingerprint density at radius 2 is 0.587 bits per heavy atom. The molecule has 6 rings (SSSR count). The minimum atomic E-state index is -4.56. The van der Waals surface area contributed by atoms with E-state index in [9.17, 15) is 25.9 Å². The van der Waals surface area contributed by atoms with E-state index in [0.717, 1.165) is 22.3 Å². The Labute approximate surface area is 355 Å². The molecular formula is C36H26K2O6S2. The van der Waals surface area contributed by atoms with Crippen LogP contribution in [0.4, 0.5) is 0 Å². The first-order valence-corrected chi connectivity index (χ1v) is 16.4. The molecule has 220 valence electrons. The molecule has 0 spiro atoms. The minimum Gasteiger partial charge on any atom is -0.744 e. The molecular weight excluding hydrogens is 671 g/mol. The largest absolute Gasteiger partial charge is 1.00 e. The third kappa shape index (κ3) is 9.74. The van der Waals surface area contributed by atoms with Gasteiger partial charge in [0.05, 0.1) is 9.79 Å². The summed E-state index contributed by atoms with van der Waals surface area (Å²) in [7, 11) is -9.12. The van der Waals surface area contributed by atoms with Gasteiger partial charge in [0.25, 0.3) is 0 Å². The molecule has 0 aliphatic heterocycles. The fourth-order valence-electron chi connectivity index (χ4n) is 5.00. The maximum atomic E-state index is 11.7. The van der Waals surface area contributed by atoms with Crippen LogP contribution in [0.3, 0.4) is 0 Å². The maximum absolute atomic E-state index is 11.7. The zero-order chi connectivity index (χ0) is 31.2. The van der Waals surface area contributed by atoms with E-state index in [2.05, 4.69) is 0 Å². The molecule has 46 heavy (non-hydrogen) atoms. The van der Waals surface area contributed by atoms with Gasteiger partial charge in [-0.15, -0.1) is 0 Å². The van der Waals surface area contributed by atoms with Gasteiger partial charge in [-0.25, -0.2) is 16.8 Å². The van der Waals surface area contributed by atoms with Crippen LogP contribution >= 0.6 is 0 Å². The van der Waals surface area contributed by atoms with E-state index in [0.29, 0.717) is 22.3 Å². The van der Waals surface area contributed by atoms with Gasteiger partial charge in [0.15, 0.2) is 0 Å². The predicted molar refractivity (Wildman–Crippen MR) is 171 cm³/mol. The van der Waals surface area contributed by atoms with Gasteiger partial charge in [0, 0.05) is 11.1 Å². The molecule has 6 aromatic carbocycles. The first-order chi connectivity index (χ1) is 21.1. The number of hydrogen-bond donors (Lipinski definition) is 0. The summed E-state index contributed by atoms with van der Waals surface area (Å²) in [4.78, 5) is -0.389. The fourth-order valence-corrected chi connectivity index (χ4v) is 6.45. The molecule has 6 aromatic rings. The Morgan fingerprint density at radius 3 is 0.848 bits per heavy atom. The van der Waals surface area contributed by atoms with Crippen LogP contribution in [0.1, 0.15) is 0 Å². The normalized spacial score (nSPS) is 10.8. The van der Waals surface area contributed by atoms with E-state index in [1.54, 1.807) is 36.4 Å². The second-order valence-electron chi connectivity index (χ2n) is 9.73. The van der Waals surface area contributed by atoms with Gasteiger partial charge in [-0.2, -0.15) is 0 Å². The number of benzene rings is 6. The average molecular weight is 697 g/mol. The van der Waals surface area contributed by atoms with Crippen molar-refractivity contribution < 1.29 is 129 Å². The first kappa shape index (κ1) is 38.9. The smallest absolute Gasteiger partial charge is 0.744 e. The van der Waals surface area contributed by atoms with E-state index in [1.807, 2.05) is 109 Å². The first-order valence-electron chi connectivity index (χ1n) is 13.5. The van der Waals surface area contributed by atoms with Crippen LogP contribution < -0.4 is 103 Å². The molecule has 0 aliphatic carbocycles. The molecule has 0 radical (unpaired) electrons. The fraction of sp³-hybridized carbons (Fsp3) is 0. The van der Waals surface area contributed by atoms with Gasteiger partial charge in [-0.1, -0.05) is 146 Å². The summed E-state index contributed by atoms with van der Waals surface area (Å²) >= 11 is 0. The van der Waals surface area contributed by atoms with Crippen LogP contribution in [0, 0.1) is 0 Å². The Hall–Kier alpha value is -1.59. The summed E-state index contributed by atoms with van der Waals surface area (Å²) in [5.74, 6) is 0. The average Bonchev–Trinajstić information content (AvgIpc) is 3.05. The summed E-state index contributed by atoms with van der Waals surface area (Å²) in [6.07, 6.45) is 0. The van der Waals surface area contributed by atoms with Crippen molar-refractivity contribution >= 4 is 20.2 Å². The molecule has 0 saturated heterocycles. The Morgan fingerprint density at radius 1 is 0.326 bits per heavy atom. The minimum absolute atomic E-state index is 0. The van der Waals surface area contributed by atoms with Crippen molar-refractivity contribution in [1.29, 1.82) is 0 Å². The van der Waals surface area contributed by atoms with Gasteiger partial charge in [-0.3, -0.25) is 0 Å². The van der Waals surface area contributed by atoms with Crippen LogP contribution in [0.15, 0.2) is 168 Å². The molecule has 0 N–H and O–H groups in total. The summed E-state index contributed by atoms with van der Waals surface area (Å²) in [6, 6.07) is 46.6. The van der Waals surface area contributed by atoms with Crippen molar-refractivity contribution in [3.63, 3.8) is 0 Å². The SMILES string of the molecule is O=S(=O)([O-])c1cccc(-c2ccccc2)c1-c1ccccc1.O=S(=O)([O-])c1cccc(-c2ccccc2)c1-c1ccccc1.[K+].[K+]. The molecule has 10 heteroatoms. The standard InChI is InChI=1S/2C18H14O3S.2K/c2*19-22(20,21)17-13-7-12-16(14-8-3-1-4-9-14)18(17)15-10-5-2-6-11-15;;/h2*1-13H,(H,19,20,21);;/q;;2*+1/p-2. The van der Waals surface area contributed by atoms with E-state index >= 15 is 0 Å². The second kappa shape index (κ2) is 17.7. The van der Waals surface area contributed by atoms with Crippen LogP contribution in [0.25, 0.3) is 44.5 Å². The third-order valence-corrected chi connectivity index (χ3v) is 8.64. The van der Waals surface area contributed by atoms with Crippen molar-refractivity contribution in [1.82, 2.24) is 0 Å². The Balaban J connectivity index is 0.000000240. The summed E-state index contributed by atoms with van der Waals surface area (Å²) < 4.78 is 69.9. The van der Waals surface area contributed by atoms with Crippen molar-refractivity contribution in [2.75, 3.05) is 0 Å². The molecule has 0 heterocycles. The van der Waals surface area contributed by atoms with Crippen LogP contribution in [0.2, 0.25) is 0 Å². The van der Waals surface area contributed by atoms with E-state index in [1.165, 1.54) is 12.1 Å². The molecule has 0 saturated carbocycles. The monoisotopic (exact) mass is 696 g/mol. The predicted octanol–water partition coefficient (Wildman–Crippen LogP) is 1.86. The van der Waals surface area contributed by atoms with E-state index in [-0.39, 0.29) is 113 Å². The van der Waals surface area contributed by atoms with Gasteiger partial charge < -0.3 is 9.11 Å². The molecule has 0 unspecified atom stereocenters. The topological polar surface area (TPSA) is 114 Å². The van der Waals surface area contributed by atoms with Crippen molar-refractivity contribution in [2.45, 2.75) is 9.79 Å². The molecule has 0 atom stereocenters. The second-order valence-corrected chi connectivity index (χ2v) is 12.4. The molecule has 0 aliphatic rings. The zero-order valence-electron chi connectivity index (χ0n) is 25.3. The number of hydrogen-bond acceptors (Lipinski definition) is 6. The van der Waals surface area contributed by atoms with Crippen molar-refractivity contribution in [3.05, 3.63) is 158 Å². The van der Waals surface area contributed by atoms with Gasteiger partial charge in [0.2, 0.25) is 0 Å². The maximum Gasteiger partial charge on any atom is 1.00 e. The third-order valence-electron chi connectivity index (χ3n) is 6.89.